The second-order valence-electron chi connectivity index (χ2n) is 4.58. The summed E-state index contributed by atoms with van der Waals surface area (Å²) in [5.41, 5.74) is 0.875. The Morgan fingerprint density at radius 3 is 2.77 bits per heavy atom. The number of amides is 2. The Kier molecular flexibility index (Phi) is 5.48. The zero-order valence-corrected chi connectivity index (χ0v) is 13.2. The summed E-state index contributed by atoms with van der Waals surface area (Å²) in [6.07, 6.45) is 1.61. The van der Waals surface area contributed by atoms with Crippen molar-refractivity contribution in [1.29, 1.82) is 0 Å². The van der Waals surface area contributed by atoms with E-state index < -0.39 is 0 Å². The average Bonchev–Trinajstić information content (AvgIpc) is 2.97. The molecule has 7 heteroatoms. The molecule has 0 bridgehead atoms. The lowest BCUT2D eigenvalue weighted by Gasteiger charge is -2.07. The second-order valence-corrected chi connectivity index (χ2v) is 5.86. The molecule has 2 N–H and O–H groups in total. The Bertz CT molecular complexity index is 670. The third kappa shape index (κ3) is 4.56. The van der Waals surface area contributed by atoms with Gasteiger partial charge in [-0.2, -0.15) is 0 Å². The second kappa shape index (κ2) is 7.56. The molecule has 6 nitrogen and oxygen atoms in total. The lowest BCUT2D eigenvalue weighted by Crippen LogP contribution is -2.36. The molecule has 0 unspecified atom stereocenters. The fraction of sp³-hybridized carbons (Fsp3) is 0.267. The first-order valence-electron chi connectivity index (χ1n) is 6.68. The van der Waals surface area contributed by atoms with Gasteiger partial charge >= 0.3 is 0 Å². The molecular weight excluding hydrogens is 302 g/mol. The summed E-state index contributed by atoms with van der Waals surface area (Å²) < 4.78 is 5.01. The van der Waals surface area contributed by atoms with Gasteiger partial charge in [0.1, 0.15) is 0 Å². The van der Waals surface area contributed by atoms with Crippen LogP contribution in [0.15, 0.2) is 30.5 Å². The summed E-state index contributed by atoms with van der Waals surface area (Å²) in [6.45, 7) is 2.22. The lowest BCUT2D eigenvalue weighted by molar-refractivity contribution is -0.120. The number of rotatable bonds is 6. The summed E-state index contributed by atoms with van der Waals surface area (Å²) in [5, 5.41) is 5.32. The first-order valence-corrected chi connectivity index (χ1v) is 7.50. The maximum atomic E-state index is 11.8. The summed E-state index contributed by atoms with van der Waals surface area (Å²) in [4.78, 5) is 29.2. The molecule has 0 spiro atoms. The van der Waals surface area contributed by atoms with E-state index in [1.165, 1.54) is 18.4 Å². The summed E-state index contributed by atoms with van der Waals surface area (Å²) >= 11 is 1.40. The van der Waals surface area contributed by atoms with Crippen LogP contribution in [-0.2, 0) is 11.3 Å². The van der Waals surface area contributed by atoms with Gasteiger partial charge in [-0.15, -0.1) is 11.3 Å². The van der Waals surface area contributed by atoms with Gasteiger partial charge in [0.25, 0.3) is 5.91 Å². The summed E-state index contributed by atoms with van der Waals surface area (Å²) in [7, 11) is 1.53. The van der Waals surface area contributed by atoms with Gasteiger partial charge < -0.3 is 15.4 Å². The zero-order valence-electron chi connectivity index (χ0n) is 12.4. The van der Waals surface area contributed by atoms with Crippen LogP contribution in [0.2, 0.25) is 0 Å². The Hall–Kier alpha value is -2.41. The van der Waals surface area contributed by atoms with Crippen LogP contribution in [0.25, 0.3) is 0 Å². The Balaban J connectivity index is 1.77. The minimum Gasteiger partial charge on any atom is -0.481 e. The lowest BCUT2D eigenvalue weighted by atomic mass is 10.2. The average molecular weight is 319 g/mol. The van der Waals surface area contributed by atoms with Gasteiger partial charge in [-0.3, -0.25) is 9.59 Å². The number of pyridine rings is 1. The van der Waals surface area contributed by atoms with Crippen LogP contribution in [0.1, 0.15) is 20.1 Å². The number of thiophene rings is 1. The quantitative estimate of drug-likeness (QED) is 0.846. The number of aromatic nitrogens is 1. The number of hydrogen-bond acceptors (Lipinski definition) is 5. The maximum Gasteiger partial charge on any atom is 0.261 e. The van der Waals surface area contributed by atoms with Gasteiger partial charge in [-0.1, -0.05) is 0 Å². The molecule has 116 valence electrons. The number of nitrogens with one attached hydrogen (secondary N) is 2. The van der Waals surface area contributed by atoms with E-state index in [0.717, 1.165) is 10.4 Å². The van der Waals surface area contributed by atoms with Crippen molar-refractivity contribution < 1.29 is 14.3 Å². The van der Waals surface area contributed by atoms with E-state index in [9.17, 15) is 9.59 Å². The van der Waals surface area contributed by atoms with Crippen molar-refractivity contribution in [2.75, 3.05) is 13.7 Å². The van der Waals surface area contributed by atoms with Crippen molar-refractivity contribution in [3.05, 3.63) is 45.8 Å². The minimum atomic E-state index is -0.252. The van der Waals surface area contributed by atoms with Crippen LogP contribution in [0.3, 0.4) is 0 Å². The predicted molar refractivity (Wildman–Crippen MR) is 84.0 cm³/mol. The first-order chi connectivity index (χ1) is 10.6. The topological polar surface area (TPSA) is 80.3 Å². The first kappa shape index (κ1) is 16.0. The normalized spacial score (nSPS) is 10.1. The molecule has 0 atom stereocenters. The number of carbonyl (C=O) groups is 2. The van der Waals surface area contributed by atoms with Crippen LogP contribution in [-0.4, -0.2) is 30.5 Å². The molecule has 0 aliphatic heterocycles. The zero-order chi connectivity index (χ0) is 15.9. The van der Waals surface area contributed by atoms with Gasteiger partial charge in [0, 0.05) is 23.7 Å². The van der Waals surface area contributed by atoms with E-state index >= 15 is 0 Å². The van der Waals surface area contributed by atoms with Gasteiger partial charge in [0.05, 0.1) is 18.5 Å². The van der Waals surface area contributed by atoms with Crippen molar-refractivity contribution in [2.24, 2.45) is 0 Å². The van der Waals surface area contributed by atoms with E-state index in [4.69, 9.17) is 4.74 Å². The van der Waals surface area contributed by atoms with Crippen molar-refractivity contribution >= 4 is 23.2 Å². The molecule has 0 radical (unpaired) electrons. The third-order valence-electron chi connectivity index (χ3n) is 2.87. The largest absolute Gasteiger partial charge is 0.481 e. The Morgan fingerprint density at radius 1 is 1.27 bits per heavy atom. The molecular formula is C15H17N3O3S. The number of nitrogens with zero attached hydrogens (tertiary/aromatic N) is 1. The molecule has 2 rings (SSSR count). The van der Waals surface area contributed by atoms with Crippen LogP contribution in [0.5, 0.6) is 5.88 Å². The van der Waals surface area contributed by atoms with Crippen molar-refractivity contribution in [3.8, 4) is 5.88 Å². The molecule has 0 aliphatic rings. The fourth-order valence-electron chi connectivity index (χ4n) is 1.74. The molecule has 2 amide bonds. The van der Waals surface area contributed by atoms with Crippen LogP contribution < -0.4 is 15.4 Å². The van der Waals surface area contributed by atoms with Gasteiger partial charge in [-0.25, -0.2) is 4.98 Å². The van der Waals surface area contributed by atoms with Gasteiger partial charge in [-0.05, 0) is 30.7 Å². The number of ether oxygens (including phenoxy) is 1. The standard InChI is InChI=1S/C15H17N3O3S/c1-10-3-4-12(22-10)15(20)18-9-13(19)17-8-11-5-6-16-14(7-11)21-2/h3-7H,8-9H2,1-2H3,(H,17,19)(H,18,20). The number of hydrogen-bond donors (Lipinski definition) is 2. The molecule has 0 fully saturated rings. The molecule has 0 saturated heterocycles. The van der Waals surface area contributed by atoms with Gasteiger partial charge in [0.15, 0.2) is 0 Å². The predicted octanol–water partition coefficient (Wildman–Crippen LogP) is 1.51. The molecule has 0 saturated carbocycles. The number of aryl methyl sites for hydroxylation is 1. The highest BCUT2D eigenvalue weighted by Gasteiger charge is 2.09. The van der Waals surface area contributed by atoms with E-state index in [1.54, 1.807) is 24.4 Å². The van der Waals surface area contributed by atoms with E-state index in [1.807, 2.05) is 13.0 Å². The third-order valence-corrected chi connectivity index (χ3v) is 3.87. The van der Waals surface area contributed by atoms with Crippen molar-refractivity contribution in [2.45, 2.75) is 13.5 Å². The smallest absolute Gasteiger partial charge is 0.261 e. The summed E-state index contributed by atoms with van der Waals surface area (Å²) in [5.74, 6) is 0.00403. The Morgan fingerprint density at radius 2 is 2.09 bits per heavy atom. The monoisotopic (exact) mass is 319 g/mol. The minimum absolute atomic E-state index is 0.0575. The number of carbonyl (C=O) groups excluding carboxylic acids is 2. The molecule has 22 heavy (non-hydrogen) atoms. The molecule has 2 heterocycles. The highest BCUT2D eigenvalue weighted by molar-refractivity contribution is 7.13. The van der Waals surface area contributed by atoms with Gasteiger partial charge in [0.2, 0.25) is 11.8 Å². The molecule has 2 aromatic rings. The van der Waals surface area contributed by atoms with Crippen molar-refractivity contribution in [1.82, 2.24) is 15.6 Å². The van der Waals surface area contributed by atoms with Crippen LogP contribution in [0.4, 0.5) is 0 Å². The van der Waals surface area contributed by atoms with Crippen LogP contribution in [0, 0.1) is 6.92 Å². The molecule has 2 aromatic heterocycles. The van der Waals surface area contributed by atoms with E-state index in [0.29, 0.717) is 17.3 Å². The van der Waals surface area contributed by atoms with E-state index in [2.05, 4.69) is 15.6 Å². The fourth-order valence-corrected chi connectivity index (χ4v) is 2.52. The van der Waals surface area contributed by atoms with E-state index in [-0.39, 0.29) is 18.4 Å². The Labute approximate surface area is 132 Å². The highest BCUT2D eigenvalue weighted by Crippen LogP contribution is 2.14. The van der Waals surface area contributed by atoms with Crippen LogP contribution >= 0.6 is 11.3 Å². The maximum absolute atomic E-state index is 11.8. The highest BCUT2D eigenvalue weighted by atomic mass is 32.1. The number of methoxy groups -OCH3 is 1. The SMILES string of the molecule is COc1cc(CNC(=O)CNC(=O)c2ccc(C)s2)ccn1. The molecule has 0 aromatic carbocycles. The summed E-state index contributed by atoms with van der Waals surface area (Å²) in [6, 6.07) is 7.15. The molecule has 0 aliphatic carbocycles. The van der Waals surface area contributed by atoms with Crippen molar-refractivity contribution in [3.63, 3.8) is 0 Å².